The van der Waals surface area contributed by atoms with Gasteiger partial charge in [-0.1, -0.05) is 19.1 Å². The maximum Gasteiger partial charge on any atom is 0.227 e. The Kier molecular flexibility index (Phi) is 3.83. The van der Waals surface area contributed by atoms with Crippen molar-refractivity contribution in [1.82, 2.24) is 20.3 Å². The van der Waals surface area contributed by atoms with Crippen LogP contribution in [0.25, 0.3) is 0 Å². The second-order valence-electron chi connectivity index (χ2n) is 6.37. The van der Waals surface area contributed by atoms with Crippen molar-refractivity contribution in [3.8, 4) is 0 Å². The number of nitrogens with one attached hydrogen (secondary N) is 2. The molecule has 2 heterocycles. The Balaban J connectivity index is 1.75. The van der Waals surface area contributed by atoms with Gasteiger partial charge < -0.3 is 16.4 Å². The lowest BCUT2D eigenvalue weighted by atomic mass is 9.82. The molecule has 0 aromatic carbocycles. The van der Waals surface area contributed by atoms with Gasteiger partial charge in [0.2, 0.25) is 11.9 Å². The lowest BCUT2D eigenvalue weighted by Crippen LogP contribution is -2.39. The number of nitrogen functional groups attached to an aromatic ring is 1. The SMILES string of the molecule is CCC1=C(C)C2=CC(CNc3nc(C)nc(N)n3)=CCC2(C)N1. The number of aromatic nitrogens is 3. The Labute approximate surface area is 137 Å². The molecule has 122 valence electrons. The van der Waals surface area contributed by atoms with E-state index in [9.17, 15) is 0 Å². The standard InChI is InChI=1S/C17H24N6/c1-5-14-10(2)13-8-12(6-7-17(13,4)23-14)9-19-16-21-11(3)20-15(18)22-16/h6,8,23H,5,7,9H2,1-4H3,(H3,18,19,20,21,22). The summed E-state index contributed by atoms with van der Waals surface area (Å²) in [6.07, 6.45) is 6.57. The van der Waals surface area contributed by atoms with Gasteiger partial charge in [0.25, 0.3) is 0 Å². The van der Waals surface area contributed by atoms with Crippen molar-refractivity contribution in [2.45, 2.75) is 46.1 Å². The Morgan fingerprint density at radius 1 is 1.30 bits per heavy atom. The van der Waals surface area contributed by atoms with Crippen molar-refractivity contribution in [3.05, 3.63) is 40.4 Å². The molecule has 6 nitrogen and oxygen atoms in total. The van der Waals surface area contributed by atoms with Crippen LogP contribution in [0.2, 0.25) is 0 Å². The van der Waals surface area contributed by atoms with E-state index in [4.69, 9.17) is 5.73 Å². The fraction of sp³-hybridized carbons (Fsp3) is 0.471. The third-order valence-corrected chi connectivity index (χ3v) is 4.55. The van der Waals surface area contributed by atoms with Gasteiger partial charge in [0.05, 0.1) is 5.54 Å². The molecule has 1 aromatic rings. The molecule has 0 saturated carbocycles. The first-order valence-corrected chi connectivity index (χ1v) is 8.03. The molecule has 0 bridgehead atoms. The van der Waals surface area contributed by atoms with Gasteiger partial charge in [0.15, 0.2) is 0 Å². The van der Waals surface area contributed by atoms with Gasteiger partial charge in [0.1, 0.15) is 5.82 Å². The van der Waals surface area contributed by atoms with Gasteiger partial charge >= 0.3 is 0 Å². The highest BCUT2D eigenvalue weighted by molar-refractivity contribution is 5.54. The maximum atomic E-state index is 5.66. The van der Waals surface area contributed by atoms with E-state index in [1.54, 1.807) is 6.92 Å². The van der Waals surface area contributed by atoms with Crippen molar-refractivity contribution in [2.24, 2.45) is 0 Å². The van der Waals surface area contributed by atoms with E-state index in [0.29, 0.717) is 18.3 Å². The summed E-state index contributed by atoms with van der Waals surface area (Å²) in [6, 6.07) is 0. The van der Waals surface area contributed by atoms with Crippen LogP contribution in [0.4, 0.5) is 11.9 Å². The maximum absolute atomic E-state index is 5.66. The van der Waals surface area contributed by atoms with Gasteiger partial charge in [-0.05, 0) is 50.3 Å². The topological polar surface area (TPSA) is 88.8 Å². The highest BCUT2D eigenvalue weighted by Crippen LogP contribution is 2.40. The number of allylic oxidation sites excluding steroid dienone is 1. The molecule has 1 aromatic heterocycles. The molecule has 1 atom stereocenters. The van der Waals surface area contributed by atoms with Gasteiger partial charge in [-0.2, -0.15) is 15.0 Å². The van der Waals surface area contributed by atoms with E-state index in [1.807, 2.05) is 0 Å². The second kappa shape index (κ2) is 5.68. The summed E-state index contributed by atoms with van der Waals surface area (Å²) in [4.78, 5) is 12.4. The van der Waals surface area contributed by atoms with Crippen molar-refractivity contribution in [2.75, 3.05) is 17.6 Å². The minimum absolute atomic E-state index is 0.0348. The van der Waals surface area contributed by atoms with Gasteiger partial charge in [-0.25, -0.2) is 0 Å². The quantitative estimate of drug-likeness (QED) is 0.791. The van der Waals surface area contributed by atoms with Crippen LogP contribution in [0.1, 0.15) is 39.4 Å². The second-order valence-corrected chi connectivity index (χ2v) is 6.37. The number of aryl methyl sites for hydroxylation is 1. The zero-order chi connectivity index (χ0) is 16.6. The van der Waals surface area contributed by atoms with Gasteiger partial charge in [0, 0.05) is 12.2 Å². The van der Waals surface area contributed by atoms with E-state index in [2.05, 4.69) is 58.5 Å². The average molecular weight is 312 g/mol. The molecule has 0 amide bonds. The van der Waals surface area contributed by atoms with Crippen molar-refractivity contribution in [1.29, 1.82) is 0 Å². The molecule has 4 N–H and O–H groups in total. The van der Waals surface area contributed by atoms with E-state index < -0.39 is 0 Å². The molecular weight excluding hydrogens is 288 g/mol. The lowest BCUT2D eigenvalue weighted by Gasteiger charge is -2.31. The summed E-state index contributed by atoms with van der Waals surface area (Å²) in [7, 11) is 0. The van der Waals surface area contributed by atoms with Crippen molar-refractivity contribution < 1.29 is 0 Å². The molecule has 23 heavy (non-hydrogen) atoms. The van der Waals surface area contributed by atoms with E-state index in [0.717, 1.165) is 12.8 Å². The van der Waals surface area contributed by atoms with Crippen LogP contribution in [-0.2, 0) is 0 Å². The molecule has 1 aliphatic heterocycles. The number of nitrogens with zero attached hydrogens (tertiary/aromatic N) is 3. The van der Waals surface area contributed by atoms with Gasteiger partial charge in [-0.3, -0.25) is 0 Å². The smallest absolute Gasteiger partial charge is 0.227 e. The average Bonchev–Trinajstić information content (AvgIpc) is 2.75. The number of nitrogens with two attached hydrogens (primary N) is 1. The van der Waals surface area contributed by atoms with Crippen molar-refractivity contribution in [3.63, 3.8) is 0 Å². The predicted molar refractivity (Wildman–Crippen MR) is 92.8 cm³/mol. The van der Waals surface area contributed by atoms with Crippen LogP contribution < -0.4 is 16.4 Å². The lowest BCUT2D eigenvalue weighted by molar-refractivity contribution is 0.481. The molecule has 3 rings (SSSR count). The Morgan fingerprint density at radius 3 is 2.78 bits per heavy atom. The Hall–Kier alpha value is -2.37. The number of hydrogen-bond donors (Lipinski definition) is 3. The van der Waals surface area contributed by atoms with E-state index in [-0.39, 0.29) is 11.5 Å². The number of anilines is 2. The molecule has 6 heteroatoms. The molecule has 0 saturated heterocycles. The molecule has 0 radical (unpaired) electrons. The summed E-state index contributed by atoms with van der Waals surface area (Å²) in [6.45, 7) is 9.14. The molecular formula is C17H24N6. The van der Waals surface area contributed by atoms with Crippen LogP contribution in [0.3, 0.4) is 0 Å². The molecule has 1 aliphatic carbocycles. The summed E-state index contributed by atoms with van der Waals surface area (Å²) >= 11 is 0. The molecule has 1 unspecified atom stereocenters. The Morgan fingerprint density at radius 2 is 2.09 bits per heavy atom. The summed E-state index contributed by atoms with van der Waals surface area (Å²) in [5.41, 5.74) is 11.1. The minimum atomic E-state index is 0.0348. The third kappa shape index (κ3) is 2.93. The minimum Gasteiger partial charge on any atom is -0.379 e. The highest BCUT2D eigenvalue weighted by Gasteiger charge is 2.37. The summed E-state index contributed by atoms with van der Waals surface area (Å²) in [5.74, 6) is 1.39. The normalized spacial score (nSPS) is 23.1. The first-order chi connectivity index (χ1) is 10.9. The zero-order valence-electron chi connectivity index (χ0n) is 14.2. The van der Waals surface area contributed by atoms with Crippen LogP contribution >= 0.6 is 0 Å². The van der Waals surface area contributed by atoms with Crippen LogP contribution in [0.5, 0.6) is 0 Å². The fourth-order valence-electron chi connectivity index (χ4n) is 3.32. The van der Waals surface area contributed by atoms with E-state index >= 15 is 0 Å². The largest absolute Gasteiger partial charge is 0.379 e. The first-order valence-electron chi connectivity index (χ1n) is 8.03. The number of hydrogen-bond acceptors (Lipinski definition) is 6. The predicted octanol–water partition coefficient (Wildman–Crippen LogP) is 2.48. The highest BCUT2D eigenvalue weighted by atomic mass is 15.2. The summed E-state index contributed by atoms with van der Waals surface area (Å²) < 4.78 is 0. The van der Waals surface area contributed by atoms with Crippen LogP contribution in [0.15, 0.2) is 34.6 Å². The molecule has 0 fully saturated rings. The monoisotopic (exact) mass is 312 g/mol. The first kappa shape index (κ1) is 15.5. The van der Waals surface area contributed by atoms with Crippen LogP contribution in [0, 0.1) is 6.92 Å². The molecule has 2 aliphatic rings. The fourth-order valence-corrected chi connectivity index (χ4v) is 3.32. The zero-order valence-corrected chi connectivity index (χ0v) is 14.2. The van der Waals surface area contributed by atoms with Gasteiger partial charge in [-0.15, -0.1) is 0 Å². The Bertz CT molecular complexity index is 710. The number of rotatable bonds is 4. The molecule has 0 spiro atoms. The number of fused-ring (bicyclic) bond motifs is 1. The van der Waals surface area contributed by atoms with Crippen LogP contribution in [-0.4, -0.2) is 27.0 Å². The third-order valence-electron chi connectivity index (χ3n) is 4.55. The summed E-state index contributed by atoms with van der Waals surface area (Å²) in [5, 5.41) is 6.91. The van der Waals surface area contributed by atoms with Crippen molar-refractivity contribution >= 4 is 11.9 Å². The van der Waals surface area contributed by atoms with E-state index in [1.165, 1.54) is 22.4 Å².